The topological polar surface area (TPSA) is 70.4 Å². The van der Waals surface area contributed by atoms with Gasteiger partial charge in [0.1, 0.15) is 10.8 Å². The fourth-order valence-electron chi connectivity index (χ4n) is 2.61. The standard InChI is InChI=1S/C20H15ClN2O3/c1-2-11-26-16-9-5-14(6-10-16)17-18(21)20(25)23(19(17)24)15-7-3-13(12-22)4-8-15/h3-10H,2,11H2,1H3. The summed E-state index contributed by atoms with van der Waals surface area (Å²) in [6, 6.07) is 15.1. The number of hydrogen-bond donors (Lipinski definition) is 0. The first-order valence-electron chi connectivity index (χ1n) is 8.08. The molecule has 0 unspecified atom stereocenters. The van der Waals surface area contributed by atoms with Crippen LogP contribution in [-0.2, 0) is 9.59 Å². The van der Waals surface area contributed by atoms with Crippen LogP contribution in [0.15, 0.2) is 53.6 Å². The van der Waals surface area contributed by atoms with Gasteiger partial charge in [0.15, 0.2) is 0 Å². The molecule has 0 saturated heterocycles. The molecule has 6 heteroatoms. The SMILES string of the molecule is CCCOc1ccc(C2=C(Cl)C(=O)N(c3ccc(C#N)cc3)C2=O)cc1. The molecule has 130 valence electrons. The summed E-state index contributed by atoms with van der Waals surface area (Å²) in [6.45, 7) is 2.62. The average molecular weight is 367 g/mol. The number of anilines is 1. The van der Waals surface area contributed by atoms with Crippen LogP contribution in [0.5, 0.6) is 5.75 Å². The van der Waals surface area contributed by atoms with Gasteiger partial charge in [-0.15, -0.1) is 0 Å². The highest BCUT2D eigenvalue weighted by molar-refractivity contribution is 6.60. The fourth-order valence-corrected chi connectivity index (χ4v) is 2.88. The van der Waals surface area contributed by atoms with E-state index in [1.54, 1.807) is 48.5 Å². The van der Waals surface area contributed by atoms with E-state index in [0.717, 1.165) is 11.3 Å². The zero-order valence-electron chi connectivity index (χ0n) is 14.0. The number of nitrogens with zero attached hydrogens (tertiary/aromatic N) is 2. The summed E-state index contributed by atoms with van der Waals surface area (Å²) < 4.78 is 5.52. The highest BCUT2D eigenvalue weighted by Crippen LogP contribution is 2.35. The van der Waals surface area contributed by atoms with Crippen LogP contribution in [0.2, 0.25) is 0 Å². The van der Waals surface area contributed by atoms with Crippen LogP contribution in [-0.4, -0.2) is 18.4 Å². The summed E-state index contributed by atoms with van der Waals surface area (Å²) >= 11 is 6.17. The lowest BCUT2D eigenvalue weighted by molar-refractivity contribution is -0.119. The smallest absolute Gasteiger partial charge is 0.277 e. The third kappa shape index (κ3) is 3.19. The number of carbonyl (C=O) groups excluding carboxylic acids is 2. The second-order valence-corrected chi connectivity index (χ2v) is 6.04. The van der Waals surface area contributed by atoms with Crippen LogP contribution in [0.3, 0.4) is 0 Å². The number of benzene rings is 2. The molecule has 0 bridgehead atoms. The quantitative estimate of drug-likeness (QED) is 0.753. The minimum atomic E-state index is -0.581. The molecule has 1 heterocycles. The Morgan fingerprint density at radius 3 is 2.27 bits per heavy atom. The number of hydrogen-bond acceptors (Lipinski definition) is 4. The minimum absolute atomic E-state index is 0.124. The summed E-state index contributed by atoms with van der Waals surface area (Å²) in [4.78, 5) is 26.3. The molecule has 0 fully saturated rings. The van der Waals surface area contributed by atoms with E-state index in [4.69, 9.17) is 21.6 Å². The summed E-state index contributed by atoms with van der Waals surface area (Å²) in [5.41, 5.74) is 1.52. The van der Waals surface area contributed by atoms with Gasteiger partial charge >= 0.3 is 0 Å². The van der Waals surface area contributed by atoms with Crippen molar-refractivity contribution in [3.8, 4) is 11.8 Å². The van der Waals surface area contributed by atoms with Crippen molar-refractivity contribution in [1.82, 2.24) is 0 Å². The van der Waals surface area contributed by atoms with E-state index in [1.807, 2.05) is 13.0 Å². The minimum Gasteiger partial charge on any atom is -0.494 e. The van der Waals surface area contributed by atoms with Crippen LogP contribution in [0.4, 0.5) is 5.69 Å². The average Bonchev–Trinajstić information content (AvgIpc) is 2.89. The fraction of sp³-hybridized carbons (Fsp3) is 0.150. The predicted molar refractivity (Wildman–Crippen MR) is 98.7 cm³/mol. The molecule has 0 atom stereocenters. The third-order valence-electron chi connectivity index (χ3n) is 3.90. The van der Waals surface area contributed by atoms with Crippen molar-refractivity contribution in [1.29, 1.82) is 5.26 Å². The van der Waals surface area contributed by atoms with Crippen molar-refractivity contribution in [3.63, 3.8) is 0 Å². The highest BCUT2D eigenvalue weighted by Gasteiger charge is 2.39. The zero-order chi connectivity index (χ0) is 18.7. The lowest BCUT2D eigenvalue weighted by Crippen LogP contribution is -2.31. The van der Waals surface area contributed by atoms with E-state index in [1.165, 1.54) is 0 Å². The van der Waals surface area contributed by atoms with Crippen LogP contribution in [0.1, 0.15) is 24.5 Å². The Kier molecular flexibility index (Phi) is 5.06. The number of imide groups is 1. The summed E-state index contributed by atoms with van der Waals surface area (Å²) in [7, 11) is 0. The number of halogens is 1. The molecule has 0 N–H and O–H groups in total. The van der Waals surface area contributed by atoms with Crippen molar-refractivity contribution < 1.29 is 14.3 Å². The van der Waals surface area contributed by atoms with Crippen LogP contribution < -0.4 is 9.64 Å². The number of carbonyl (C=O) groups is 2. The molecule has 26 heavy (non-hydrogen) atoms. The molecule has 2 aromatic carbocycles. The van der Waals surface area contributed by atoms with Crippen molar-refractivity contribution in [2.45, 2.75) is 13.3 Å². The van der Waals surface area contributed by atoms with Crippen molar-refractivity contribution in [2.75, 3.05) is 11.5 Å². The number of amides is 2. The highest BCUT2D eigenvalue weighted by atomic mass is 35.5. The van der Waals surface area contributed by atoms with Gasteiger partial charge in [0.25, 0.3) is 11.8 Å². The Morgan fingerprint density at radius 1 is 1.04 bits per heavy atom. The van der Waals surface area contributed by atoms with Gasteiger partial charge in [-0.3, -0.25) is 9.59 Å². The lowest BCUT2D eigenvalue weighted by atomic mass is 10.1. The molecule has 1 aliphatic heterocycles. The molecule has 0 aliphatic carbocycles. The van der Waals surface area contributed by atoms with Gasteiger partial charge in [-0.2, -0.15) is 5.26 Å². The van der Waals surface area contributed by atoms with Crippen molar-refractivity contribution in [2.24, 2.45) is 0 Å². The van der Waals surface area contributed by atoms with Crippen molar-refractivity contribution >= 4 is 34.7 Å². The molecule has 2 aromatic rings. The Hall–Kier alpha value is -3.10. The monoisotopic (exact) mass is 366 g/mol. The summed E-state index contributed by atoms with van der Waals surface area (Å²) in [6.07, 6.45) is 0.894. The molecule has 0 radical (unpaired) electrons. The molecule has 0 aromatic heterocycles. The zero-order valence-corrected chi connectivity index (χ0v) is 14.8. The second-order valence-electron chi connectivity index (χ2n) is 5.67. The van der Waals surface area contributed by atoms with Crippen molar-refractivity contribution in [3.05, 3.63) is 64.7 Å². The summed E-state index contributed by atoms with van der Waals surface area (Å²) in [5, 5.41) is 8.75. The normalized spacial score (nSPS) is 14.0. The van der Waals surface area contributed by atoms with Crippen LogP contribution in [0, 0.1) is 11.3 Å². The second kappa shape index (κ2) is 7.42. The van der Waals surface area contributed by atoms with E-state index in [2.05, 4.69) is 0 Å². The molecular weight excluding hydrogens is 352 g/mol. The Morgan fingerprint density at radius 2 is 1.69 bits per heavy atom. The van der Waals surface area contributed by atoms with Gasteiger partial charge < -0.3 is 4.74 Å². The third-order valence-corrected chi connectivity index (χ3v) is 4.25. The maximum atomic E-state index is 12.8. The first-order chi connectivity index (χ1) is 12.6. The largest absolute Gasteiger partial charge is 0.494 e. The molecule has 2 amide bonds. The van der Waals surface area contributed by atoms with E-state index in [0.29, 0.717) is 29.2 Å². The molecule has 1 aliphatic rings. The number of ether oxygens (including phenoxy) is 1. The first-order valence-corrected chi connectivity index (χ1v) is 8.46. The Bertz CT molecular complexity index is 925. The number of nitriles is 1. The van der Waals surface area contributed by atoms with Gasteiger partial charge in [0, 0.05) is 0 Å². The maximum Gasteiger partial charge on any atom is 0.277 e. The molecule has 0 spiro atoms. The lowest BCUT2D eigenvalue weighted by Gasteiger charge is -2.15. The van der Waals surface area contributed by atoms with Crippen LogP contribution >= 0.6 is 11.6 Å². The van der Waals surface area contributed by atoms with E-state index in [9.17, 15) is 9.59 Å². The van der Waals surface area contributed by atoms with Crippen LogP contribution in [0.25, 0.3) is 5.57 Å². The van der Waals surface area contributed by atoms with Gasteiger partial charge in [-0.1, -0.05) is 30.7 Å². The predicted octanol–water partition coefficient (Wildman–Crippen LogP) is 3.87. The molecule has 5 nitrogen and oxygen atoms in total. The van der Waals surface area contributed by atoms with Gasteiger partial charge in [0.05, 0.1) is 29.5 Å². The maximum absolute atomic E-state index is 12.8. The molecule has 3 rings (SSSR count). The number of rotatable bonds is 5. The molecule has 0 saturated carbocycles. The Balaban J connectivity index is 1.90. The van der Waals surface area contributed by atoms with Gasteiger partial charge in [0.2, 0.25) is 0 Å². The van der Waals surface area contributed by atoms with Gasteiger partial charge in [-0.05, 0) is 48.4 Å². The Labute approximate surface area is 156 Å². The van der Waals surface area contributed by atoms with Gasteiger partial charge in [-0.25, -0.2) is 4.90 Å². The van der Waals surface area contributed by atoms with E-state index < -0.39 is 11.8 Å². The van der Waals surface area contributed by atoms with E-state index >= 15 is 0 Å². The first kappa shape index (κ1) is 17.7. The summed E-state index contributed by atoms with van der Waals surface area (Å²) in [5.74, 6) is -0.386. The van der Waals surface area contributed by atoms with E-state index in [-0.39, 0.29) is 10.6 Å². The molecular formula is C20H15ClN2O3.